The number of hydrogen-bond donors (Lipinski definition) is 1. The summed E-state index contributed by atoms with van der Waals surface area (Å²) in [6.45, 7) is 2.22. The summed E-state index contributed by atoms with van der Waals surface area (Å²) in [7, 11) is 0. The van der Waals surface area contributed by atoms with Crippen LogP contribution in [0.3, 0.4) is 0 Å². The molecule has 102 valence electrons. The van der Waals surface area contributed by atoms with E-state index in [0.29, 0.717) is 18.7 Å². The molecule has 5 nitrogen and oxygen atoms in total. The summed E-state index contributed by atoms with van der Waals surface area (Å²) >= 11 is 0. The molecule has 1 saturated heterocycles. The fourth-order valence-corrected chi connectivity index (χ4v) is 2.20. The molecule has 1 atom stereocenters. The number of carbonyl (C=O) groups excluding carboxylic acids is 1. The van der Waals surface area contributed by atoms with Gasteiger partial charge in [-0.2, -0.15) is 0 Å². The standard InChI is InChI=1S/C14H17NO4/c1-10-5-6-13(16)15(10)8-11-3-2-4-12(7-11)19-9-14(17)18/h2-4,7,10H,5-6,8-9H2,1H3,(H,17,18). The molecule has 0 saturated carbocycles. The molecule has 0 bridgehead atoms. The predicted octanol–water partition coefficient (Wildman–Crippen LogP) is 1.66. The van der Waals surface area contributed by atoms with Gasteiger partial charge in [0.05, 0.1) is 0 Å². The van der Waals surface area contributed by atoms with Gasteiger partial charge in [0.2, 0.25) is 5.91 Å². The summed E-state index contributed by atoms with van der Waals surface area (Å²) in [6.07, 6.45) is 1.50. The highest BCUT2D eigenvalue weighted by Crippen LogP contribution is 2.22. The minimum Gasteiger partial charge on any atom is -0.482 e. The Bertz CT molecular complexity index is 486. The van der Waals surface area contributed by atoms with Crippen molar-refractivity contribution in [3.8, 4) is 5.75 Å². The normalized spacial score (nSPS) is 18.7. The van der Waals surface area contributed by atoms with Crippen LogP contribution in [0.25, 0.3) is 0 Å². The maximum absolute atomic E-state index is 11.7. The van der Waals surface area contributed by atoms with E-state index in [1.165, 1.54) is 0 Å². The molecule has 1 heterocycles. The fraction of sp³-hybridized carbons (Fsp3) is 0.429. The molecule has 19 heavy (non-hydrogen) atoms. The molecule has 0 radical (unpaired) electrons. The Morgan fingerprint density at radius 2 is 2.32 bits per heavy atom. The summed E-state index contributed by atoms with van der Waals surface area (Å²) in [5, 5.41) is 8.57. The molecule has 1 aromatic carbocycles. The second-order valence-electron chi connectivity index (χ2n) is 4.74. The van der Waals surface area contributed by atoms with Crippen LogP contribution in [0.15, 0.2) is 24.3 Å². The summed E-state index contributed by atoms with van der Waals surface area (Å²) in [4.78, 5) is 24.0. The Labute approximate surface area is 111 Å². The number of carboxylic acids is 1. The van der Waals surface area contributed by atoms with Gasteiger partial charge in [-0.25, -0.2) is 4.79 Å². The van der Waals surface area contributed by atoms with E-state index in [0.717, 1.165) is 12.0 Å². The summed E-state index contributed by atoms with van der Waals surface area (Å²) in [5.74, 6) is -0.322. The van der Waals surface area contributed by atoms with Crippen LogP contribution in [0.1, 0.15) is 25.3 Å². The molecule has 5 heteroatoms. The summed E-state index contributed by atoms with van der Waals surface area (Å²) in [6, 6.07) is 7.46. The first-order valence-electron chi connectivity index (χ1n) is 6.29. The smallest absolute Gasteiger partial charge is 0.341 e. The van der Waals surface area contributed by atoms with Crippen molar-refractivity contribution in [1.82, 2.24) is 4.90 Å². The van der Waals surface area contributed by atoms with Crippen LogP contribution in [0, 0.1) is 0 Å². The Balaban J connectivity index is 2.02. The second kappa shape index (κ2) is 5.73. The van der Waals surface area contributed by atoms with Crippen molar-refractivity contribution < 1.29 is 19.4 Å². The van der Waals surface area contributed by atoms with E-state index in [1.807, 2.05) is 17.9 Å². The minimum atomic E-state index is -1.01. The lowest BCUT2D eigenvalue weighted by molar-refractivity contribution is -0.139. The van der Waals surface area contributed by atoms with Crippen LogP contribution >= 0.6 is 0 Å². The number of carboxylic acid groups (broad SMARTS) is 1. The highest BCUT2D eigenvalue weighted by atomic mass is 16.5. The maximum Gasteiger partial charge on any atom is 0.341 e. The summed E-state index contributed by atoms with van der Waals surface area (Å²) in [5.41, 5.74) is 0.949. The van der Waals surface area contributed by atoms with E-state index in [9.17, 15) is 9.59 Å². The first-order valence-corrected chi connectivity index (χ1v) is 6.29. The van der Waals surface area contributed by atoms with Crippen molar-refractivity contribution in [1.29, 1.82) is 0 Å². The molecule has 1 amide bonds. The van der Waals surface area contributed by atoms with Crippen molar-refractivity contribution in [3.63, 3.8) is 0 Å². The lowest BCUT2D eigenvalue weighted by Gasteiger charge is -2.21. The van der Waals surface area contributed by atoms with Gasteiger partial charge in [-0.3, -0.25) is 4.79 Å². The van der Waals surface area contributed by atoms with Crippen molar-refractivity contribution in [2.75, 3.05) is 6.61 Å². The van der Waals surface area contributed by atoms with Crippen LogP contribution in [-0.4, -0.2) is 34.5 Å². The predicted molar refractivity (Wildman–Crippen MR) is 68.8 cm³/mol. The van der Waals surface area contributed by atoms with Gasteiger partial charge in [0.1, 0.15) is 5.75 Å². The largest absolute Gasteiger partial charge is 0.482 e. The monoisotopic (exact) mass is 263 g/mol. The van der Waals surface area contributed by atoms with E-state index >= 15 is 0 Å². The van der Waals surface area contributed by atoms with Gasteiger partial charge in [0.15, 0.2) is 6.61 Å². The number of ether oxygens (including phenoxy) is 1. The quantitative estimate of drug-likeness (QED) is 0.877. The number of hydrogen-bond acceptors (Lipinski definition) is 3. The molecule has 1 aromatic rings. The zero-order chi connectivity index (χ0) is 13.8. The van der Waals surface area contributed by atoms with Crippen LogP contribution in [-0.2, 0) is 16.1 Å². The third-order valence-electron chi connectivity index (χ3n) is 3.24. The lowest BCUT2D eigenvalue weighted by atomic mass is 10.2. The molecule has 1 aliphatic heterocycles. The molecule has 0 aliphatic carbocycles. The van der Waals surface area contributed by atoms with Crippen molar-refractivity contribution in [3.05, 3.63) is 29.8 Å². The number of nitrogens with zero attached hydrogens (tertiary/aromatic N) is 1. The van der Waals surface area contributed by atoms with E-state index in [2.05, 4.69) is 0 Å². The number of rotatable bonds is 5. The van der Waals surface area contributed by atoms with E-state index in [-0.39, 0.29) is 18.6 Å². The van der Waals surface area contributed by atoms with Crippen LogP contribution in [0.2, 0.25) is 0 Å². The minimum absolute atomic E-state index is 0.171. The Morgan fingerprint density at radius 1 is 1.53 bits per heavy atom. The number of carbonyl (C=O) groups is 2. The average molecular weight is 263 g/mol. The van der Waals surface area contributed by atoms with Crippen molar-refractivity contribution in [2.24, 2.45) is 0 Å². The van der Waals surface area contributed by atoms with Gasteiger partial charge in [-0.1, -0.05) is 12.1 Å². The zero-order valence-corrected chi connectivity index (χ0v) is 10.8. The van der Waals surface area contributed by atoms with E-state index < -0.39 is 5.97 Å². The second-order valence-corrected chi connectivity index (χ2v) is 4.74. The van der Waals surface area contributed by atoms with Gasteiger partial charge >= 0.3 is 5.97 Å². The van der Waals surface area contributed by atoms with E-state index in [1.54, 1.807) is 18.2 Å². The van der Waals surface area contributed by atoms with Crippen molar-refractivity contribution >= 4 is 11.9 Å². The fourth-order valence-electron chi connectivity index (χ4n) is 2.20. The third-order valence-corrected chi connectivity index (χ3v) is 3.24. The van der Waals surface area contributed by atoms with E-state index in [4.69, 9.17) is 9.84 Å². The lowest BCUT2D eigenvalue weighted by Crippen LogP contribution is -2.30. The van der Waals surface area contributed by atoms with Gasteiger partial charge in [0.25, 0.3) is 0 Å². The zero-order valence-electron chi connectivity index (χ0n) is 10.8. The van der Waals surface area contributed by atoms with Crippen molar-refractivity contribution in [2.45, 2.75) is 32.4 Å². The Kier molecular flexibility index (Phi) is 4.04. The molecular formula is C14H17NO4. The molecule has 1 fully saturated rings. The SMILES string of the molecule is CC1CCC(=O)N1Cc1cccc(OCC(=O)O)c1. The Morgan fingerprint density at radius 3 is 2.95 bits per heavy atom. The average Bonchev–Trinajstić information content (AvgIpc) is 2.69. The number of likely N-dealkylation sites (tertiary alicyclic amines) is 1. The van der Waals surface area contributed by atoms with Gasteiger partial charge in [-0.05, 0) is 31.0 Å². The molecule has 1 unspecified atom stereocenters. The number of benzene rings is 1. The summed E-state index contributed by atoms with van der Waals surface area (Å²) < 4.78 is 5.12. The maximum atomic E-state index is 11.7. The topological polar surface area (TPSA) is 66.8 Å². The molecule has 2 rings (SSSR count). The van der Waals surface area contributed by atoms with Gasteiger partial charge in [0, 0.05) is 19.0 Å². The number of amides is 1. The molecule has 0 aromatic heterocycles. The van der Waals surface area contributed by atoms with Gasteiger partial charge < -0.3 is 14.7 Å². The highest BCUT2D eigenvalue weighted by molar-refractivity contribution is 5.78. The molecule has 0 spiro atoms. The molecule has 1 aliphatic rings. The van der Waals surface area contributed by atoms with Crippen LogP contribution < -0.4 is 4.74 Å². The van der Waals surface area contributed by atoms with Gasteiger partial charge in [-0.15, -0.1) is 0 Å². The first kappa shape index (κ1) is 13.4. The third kappa shape index (κ3) is 3.47. The molecular weight excluding hydrogens is 246 g/mol. The Hall–Kier alpha value is -2.04. The van der Waals surface area contributed by atoms with Crippen LogP contribution in [0.5, 0.6) is 5.75 Å². The molecule has 1 N–H and O–H groups in total. The van der Waals surface area contributed by atoms with Crippen LogP contribution in [0.4, 0.5) is 0 Å². The number of aliphatic carboxylic acids is 1. The highest BCUT2D eigenvalue weighted by Gasteiger charge is 2.27. The first-order chi connectivity index (χ1) is 9.06.